The second-order valence-corrected chi connectivity index (χ2v) is 7.99. The smallest absolute Gasteiger partial charge is 0.251 e. The van der Waals surface area contributed by atoms with E-state index in [1.54, 1.807) is 7.11 Å². The van der Waals surface area contributed by atoms with Crippen LogP contribution in [0.1, 0.15) is 15.4 Å². The quantitative estimate of drug-likeness (QED) is 0.430. The van der Waals surface area contributed by atoms with Crippen LogP contribution in [0.2, 0.25) is 0 Å². The number of ether oxygens (including phenoxy) is 4. The van der Waals surface area contributed by atoms with Gasteiger partial charge in [-0.2, -0.15) is 0 Å². The average molecular weight is 486 g/mol. The summed E-state index contributed by atoms with van der Waals surface area (Å²) < 4.78 is 20.9. The lowest BCUT2D eigenvalue weighted by Crippen LogP contribution is -2.37. The third-order valence-corrected chi connectivity index (χ3v) is 5.84. The molecule has 9 nitrogen and oxygen atoms in total. The molecule has 0 aliphatic rings. The Morgan fingerprint density at radius 2 is 1.59 bits per heavy atom. The van der Waals surface area contributed by atoms with Gasteiger partial charge in [-0.3, -0.25) is 9.59 Å². The normalized spacial score (nSPS) is 10.4. The largest absolute Gasteiger partial charge is 0.497 e. The van der Waals surface area contributed by atoms with Crippen molar-refractivity contribution in [3.63, 3.8) is 0 Å². The summed E-state index contributed by atoms with van der Waals surface area (Å²) in [5, 5.41) is 8.28. The van der Waals surface area contributed by atoms with Gasteiger partial charge in [0, 0.05) is 29.5 Å². The van der Waals surface area contributed by atoms with E-state index in [4.69, 9.17) is 18.9 Å². The zero-order chi connectivity index (χ0) is 24.5. The summed E-state index contributed by atoms with van der Waals surface area (Å²) in [4.78, 5) is 29.3. The fraction of sp³-hybridized carbons (Fsp3) is 0.292. The number of hydrogen-bond donors (Lipinski definition) is 2. The van der Waals surface area contributed by atoms with Crippen LogP contribution < -0.4 is 29.6 Å². The topological polar surface area (TPSA) is 108 Å². The molecule has 0 fully saturated rings. The number of methoxy groups -OCH3 is 4. The molecule has 2 amide bonds. The number of thiazole rings is 1. The van der Waals surface area contributed by atoms with Gasteiger partial charge in [0.2, 0.25) is 11.7 Å². The Hall–Kier alpha value is -3.79. The fourth-order valence-electron chi connectivity index (χ4n) is 3.17. The van der Waals surface area contributed by atoms with Crippen molar-refractivity contribution in [2.24, 2.45) is 0 Å². The van der Waals surface area contributed by atoms with Crippen LogP contribution in [0, 0.1) is 0 Å². The molecule has 1 aromatic heterocycles. The van der Waals surface area contributed by atoms with E-state index in [2.05, 4.69) is 15.6 Å². The molecule has 2 N–H and O–H groups in total. The minimum Gasteiger partial charge on any atom is -0.497 e. The highest BCUT2D eigenvalue weighted by molar-refractivity contribution is 7.09. The van der Waals surface area contributed by atoms with Crippen molar-refractivity contribution in [3.8, 4) is 34.3 Å². The molecule has 3 rings (SSSR count). The van der Waals surface area contributed by atoms with E-state index >= 15 is 0 Å². The fourth-order valence-corrected chi connectivity index (χ4v) is 3.97. The van der Waals surface area contributed by atoms with Gasteiger partial charge in [0.15, 0.2) is 11.5 Å². The molecule has 2 aromatic carbocycles. The Balaban J connectivity index is 1.48. The standard InChI is InChI=1S/C24H27N3O6S/c1-30-17-7-5-15(6-8-17)18-14-34-22(27-18)9-10-25-21(28)13-26-24(29)16-11-19(31-2)23(33-4)20(12-16)32-3/h5-8,11-12,14H,9-10,13H2,1-4H3,(H,25,28)(H,26,29). The summed E-state index contributed by atoms with van der Waals surface area (Å²) in [6.45, 7) is 0.249. The van der Waals surface area contributed by atoms with E-state index in [1.807, 2.05) is 29.6 Å². The molecule has 34 heavy (non-hydrogen) atoms. The monoisotopic (exact) mass is 485 g/mol. The lowest BCUT2D eigenvalue weighted by Gasteiger charge is -2.14. The molecule has 0 spiro atoms. The third kappa shape index (κ3) is 6.16. The van der Waals surface area contributed by atoms with Crippen molar-refractivity contribution in [2.45, 2.75) is 6.42 Å². The molecule has 0 aliphatic carbocycles. The molecular formula is C24H27N3O6S. The summed E-state index contributed by atoms with van der Waals surface area (Å²) in [5.74, 6) is 1.16. The van der Waals surface area contributed by atoms with Crippen LogP contribution in [0.5, 0.6) is 23.0 Å². The molecule has 10 heteroatoms. The highest BCUT2D eigenvalue weighted by Crippen LogP contribution is 2.38. The van der Waals surface area contributed by atoms with Crippen molar-refractivity contribution in [1.29, 1.82) is 0 Å². The predicted molar refractivity (Wildman–Crippen MR) is 129 cm³/mol. The molecule has 0 unspecified atom stereocenters. The molecule has 0 bridgehead atoms. The number of hydrogen-bond acceptors (Lipinski definition) is 8. The Bertz CT molecular complexity index is 1100. The molecule has 0 saturated heterocycles. The minimum atomic E-state index is -0.432. The van der Waals surface area contributed by atoms with Crippen molar-refractivity contribution in [3.05, 3.63) is 52.3 Å². The maximum absolute atomic E-state index is 12.5. The van der Waals surface area contributed by atoms with Crippen LogP contribution in [0.15, 0.2) is 41.8 Å². The summed E-state index contributed by atoms with van der Waals surface area (Å²) in [7, 11) is 6.04. The Labute approximate surface area is 202 Å². The van der Waals surface area contributed by atoms with Crippen LogP contribution in [0.25, 0.3) is 11.3 Å². The number of benzene rings is 2. The van der Waals surface area contributed by atoms with Crippen LogP contribution in [0.4, 0.5) is 0 Å². The highest BCUT2D eigenvalue weighted by atomic mass is 32.1. The van der Waals surface area contributed by atoms with Crippen molar-refractivity contribution in [2.75, 3.05) is 41.5 Å². The van der Waals surface area contributed by atoms with Crippen LogP contribution in [-0.2, 0) is 11.2 Å². The first kappa shape index (κ1) is 24.8. The van der Waals surface area contributed by atoms with E-state index in [-0.39, 0.29) is 18.0 Å². The second kappa shape index (κ2) is 11.9. The van der Waals surface area contributed by atoms with E-state index in [1.165, 1.54) is 44.8 Å². The molecule has 180 valence electrons. The minimum absolute atomic E-state index is 0.162. The zero-order valence-corrected chi connectivity index (χ0v) is 20.3. The van der Waals surface area contributed by atoms with E-state index in [9.17, 15) is 9.59 Å². The van der Waals surface area contributed by atoms with Crippen LogP contribution in [-0.4, -0.2) is 58.3 Å². The second-order valence-electron chi connectivity index (χ2n) is 7.05. The SMILES string of the molecule is COc1ccc(-c2csc(CCNC(=O)CNC(=O)c3cc(OC)c(OC)c(OC)c3)n2)cc1. The van der Waals surface area contributed by atoms with Crippen LogP contribution in [0.3, 0.4) is 0 Å². The molecule has 0 aliphatic heterocycles. The number of rotatable bonds is 11. The van der Waals surface area contributed by atoms with Gasteiger partial charge in [-0.15, -0.1) is 11.3 Å². The summed E-state index contributed by atoms with van der Waals surface area (Å²) in [6.07, 6.45) is 0.591. The Morgan fingerprint density at radius 3 is 2.18 bits per heavy atom. The maximum atomic E-state index is 12.5. The zero-order valence-electron chi connectivity index (χ0n) is 19.5. The van der Waals surface area contributed by atoms with Crippen molar-refractivity contribution < 1.29 is 28.5 Å². The summed E-state index contributed by atoms with van der Waals surface area (Å²) in [5.41, 5.74) is 2.17. The van der Waals surface area contributed by atoms with Gasteiger partial charge in [0.25, 0.3) is 5.91 Å². The van der Waals surface area contributed by atoms with Crippen LogP contribution >= 0.6 is 11.3 Å². The summed E-state index contributed by atoms with van der Waals surface area (Å²) >= 11 is 1.53. The van der Waals surface area contributed by atoms with Gasteiger partial charge in [0.1, 0.15) is 5.75 Å². The van der Waals surface area contributed by atoms with Gasteiger partial charge in [0.05, 0.1) is 45.7 Å². The number of carbonyl (C=O) groups is 2. The molecule has 1 heterocycles. The number of aromatic nitrogens is 1. The van der Waals surface area contributed by atoms with Gasteiger partial charge in [-0.25, -0.2) is 4.98 Å². The predicted octanol–water partition coefficient (Wildman–Crippen LogP) is 2.93. The lowest BCUT2D eigenvalue weighted by molar-refractivity contribution is -0.120. The maximum Gasteiger partial charge on any atom is 0.251 e. The number of nitrogens with one attached hydrogen (secondary N) is 2. The first-order chi connectivity index (χ1) is 16.5. The molecule has 0 atom stereocenters. The van der Waals surface area contributed by atoms with Gasteiger partial charge < -0.3 is 29.6 Å². The molecule has 0 radical (unpaired) electrons. The summed E-state index contributed by atoms with van der Waals surface area (Å²) in [6, 6.07) is 10.7. The van der Waals surface area contributed by atoms with E-state index < -0.39 is 5.91 Å². The number of carbonyl (C=O) groups excluding carboxylic acids is 2. The molecule has 3 aromatic rings. The first-order valence-electron chi connectivity index (χ1n) is 10.4. The number of nitrogens with zero attached hydrogens (tertiary/aromatic N) is 1. The van der Waals surface area contributed by atoms with E-state index in [0.29, 0.717) is 30.2 Å². The highest BCUT2D eigenvalue weighted by Gasteiger charge is 2.17. The van der Waals surface area contributed by atoms with Gasteiger partial charge in [-0.1, -0.05) is 0 Å². The molecule has 0 saturated carbocycles. The average Bonchev–Trinajstić information content (AvgIpc) is 3.35. The van der Waals surface area contributed by atoms with Gasteiger partial charge in [-0.05, 0) is 36.4 Å². The first-order valence-corrected chi connectivity index (χ1v) is 11.3. The number of amides is 2. The molecular weight excluding hydrogens is 458 g/mol. The van der Waals surface area contributed by atoms with Gasteiger partial charge >= 0.3 is 0 Å². The van der Waals surface area contributed by atoms with Crippen molar-refractivity contribution >= 4 is 23.2 Å². The third-order valence-electron chi connectivity index (χ3n) is 4.93. The lowest BCUT2D eigenvalue weighted by atomic mass is 10.1. The van der Waals surface area contributed by atoms with E-state index in [0.717, 1.165) is 22.0 Å². The Morgan fingerprint density at radius 1 is 0.912 bits per heavy atom. The Kier molecular flexibility index (Phi) is 8.69. The van der Waals surface area contributed by atoms with Crippen molar-refractivity contribution in [1.82, 2.24) is 15.6 Å².